The Labute approximate surface area is 110 Å². The highest BCUT2D eigenvalue weighted by Gasteiger charge is 2.35. The van der Waals surface area contributed by atoms with Gasteiger partial charge in [0.25, 0.3) is 0 Å². The Kier molecular flexibility index (Phi) is 2.97. The molecule has 2 fully saturated rings. The molecule has 18 heavy (non-hydrogen) atoms. The van der Waals surface area contributed by atoms with Crippen LogP contribution in [0.3, 0.4) is 0 Å². The normalized spacial score (nSPS) is 28.4. The van der Waals surface area contributed by atoms with Gasteiger partial charge >= 0.3 is 5.97 Å². The largest absolute Gasteiger partial charge is 0.480 e. The van der Waals surface area contributed by atoms with Crippen molar-refractivity contribution in [3.05, 3.63) is 5.82 Å². The zero-order valence-electron chi connectivity index (χ0n) is 10.4. The lowest BCUT2D eigenvalue weighted by atomic mass is 9.93. The van der Waals surface area contributed by atoms with Gasteiger partial charge in [-0.15, -0.1) is 0 Å². The van der Waals surface area contributed by atoms with Crippen molar-refractivity contribution in [2.45, 2.75) is 44.6 Å². The molecule has 2 atom stereocenters. The zero-order chi connectivity index (χ0) is 12.7. The van der Waals surface area contributed by atoms with E-state index in [2.05, 4.69) is 16.3 Å². The Balaban J connectivity index is 1.81. The number of aromatic nitrogens is 2. The van der Waals surface area contributed by atoms with Crippen molar-refractivity contribution in [3.8, 4) is 0 Å². The van der Waals surface area contributed by atoms with Crippen LogP contribution in [-0.2, 0) is 4.79 Å². The first-order chi connectivity index (χ1) is 8.65. The average Bonchev–Trinajstić information content (AvgIpc) is 3.08. The van der Waals surface area contributed by atoms with Gasteiger partial charge in [0.1, 0.15) is 11.9 Å². The van der Waals surface area contributed by atoms with E-state index in [0.29, 0.717) is 18.3 Å². The molecule has 0 amide bonds. The van der Waals surface area contributed by atoms with E-state index >= 15 is 0 Å². The zero-order valence-corrected chi connectivity index (χ0v) is 11.2. The molecular formula is C12H17N3O2S. The van der Waals surface area contributed by atoms with E-state index < -0.39 is 12.0 Å². The molecule has 98 valence electrons. The molecular weight excluding hydrogens is 250 g/mol. The van der Waals surface area contributed by atoms with E-state index in [1.54, 1.807) is 0 Å². The number of rotatable bonds is 3. The predicted molar refractivity (Wildman–Crippen MR) is 69.1 cm³/mol. The molecule has 0 spiro atoms. The number of carboxylic acids is 1. The van der Waals surface area contributed by atoms with Gasteiger partial charge in [-0.1, -0.05) is 6.92 Å². The number of piperidine rings is 1. The fraction of sp³-hybridized carbons (Fsp3) is 0.750. The molecule has 1 aliphatic carbocycles. The minimum absolute atomic E-state index is 0.436. The lowest BCUT2D eigenvalue weighted by Crippen LogP contribution is -2.47. The van der Waals surface area contributed by atoms with Crippen molar-refractivity contribution >= 4 is 22.6 Å². The third-order valence-electron chi connectivity index (χ3n) is 3.77. The van der Waals surface area contributed by atoms with Gasteiger partial charge < -0.3 is 10.0 Å². The minimum atomic E-state index is -0.746. The maximum Gasteiger partial charge on any atom is 0.326 e. The first-order valence-corrected chi connectivity index (χ1v) is 7.25. The molecule has 1 aromatic heterocycles. The Bertz CT molecular complexity index is 458. The first-order valence-electron chi connectivity index (χ1n) is 6.48. The molecule has 1 saturated carbocycles. The van der Waals surface area contributed by atoms with Crippen LogP contribution in [0, 0.1) is 5.92 Å². The number of carboxylic acid groups (broad SMARTS) is 1. The van der Waals surface area contributed by atoms with Crippen LogP contribution in [-0.4, -0.2) is 33.0 Å². The predicted octanol–water partition coefficient (Wildman–Crippen LogP) is 2.10. The van der Waals surface area contributed by atoms with Crippen LogP contribution < -0.4 is 4.90 Å². The third kappa shape index (κ3) is 2.21. The standard InChI is InChI=1S/C12H17N3O2S/c1-7-4-5-15(9(6-7)11(16)17)12-13-10(14-18-12)8-2-3-8/h7-9H,2-6H2,1H3,(H,16,17). The summed E-state index contributed by atoms with van der Waals surface area (Å²) >= 11 is 1.35. The topological polar surface area (TPSA) is 66.3 Å². The summed E-state index contributed by atoms with van der Waals surface area (Å²) < 4.78 is 4.36. The highest BCUT2D eigenvalue weighted by atomic mass is 32.1. The second kappa shape index (κ2) is 4.50. The van der Waals surface area contributed by atoms with E-state index in [0.717, 1.165) is 23.9 Å². The third-order valence-corrected chi connectivity index (χ3v) is 4.54. The average molecular weight is 267 g/mol. The lowest BCUT2D eigenvalue weighted by Gasteiger charge is -2.35. The highest BCUT2D eigenvalue weighted by Crippen LogP contribution is 2.40. The Morgan fingerprint density at radius 3 is 2.89 bits per heavy atom. The molecule has 5 nitrogen and oxygen atoms in total. The summed E-state index contributed by atoms with van der Waals surface area (Å²) in [5.41, 5.74) is 0. The molecule has 1 N–H and O–H groups in total. The molecule has 1 aliphatic heterocycles. The van der Waals surface area contributed by atoms with Crippen molar-refractivity contribution in [1.82, 2.24) is 9.36 Å². The van der Waals surface area contributed by atoms with Gasteiger partial charge in [-0.3, -0.25) is 0 Å². The summed E-state index contributed by atoms with van der Waals surface area (Å²) in [5.74, 6) is 1.17. The second-order valence-corrected chi connectivity index (χ2v) is 6.12. The number of nitrogens with zero attached hydrogens (tertiary/aromatic N) is 3. The molecule has 0 radical (unpaired) electrons. The van der Waals surface area contributed by atoms with Crippen LogP contribution in [0.1, 0.15) is 44.3 Å². The van der Waals surface area contributed by atoms with Crippen LogP contribution in [0.2, 0.25) is 0 Å². The summed E-state index contributed by atoms with van der Waals surface area (Å²) in [6, 6.07) is -0.436. The molecule has 2 aliphatic rings. The number of hydrogen-bond acceptors (Lipinski definition) is 5. The molecule has 3 rings (SSSR count). The van der Waals surface area contributed by atoms with E-state index in [-0.39, 0.29) is 0 Å². The molecule has 6 heteroatoms. The fourth-order valence-electron chi connectivity index (χ4n) is 2.46. The Morgan fingerprint density at radius 2 is 2.22 bits per heavy atom. The maximum absolute atomic E-state index is 11.4. The van der Waals surface area contributed by atoms with Crippen LogP contribution in [0.25, 0.3) is 0 Å². The lowest BCUT2D eigenvalue weighted by molar-refractivity contribution is -0.139. The van der Waals surface area contributed by atoms with Gasteiger partial charge in [-0.05, 0) is 31.6 Å². The Hall–Kier alpha value is -1.17. The Morgan fingerprint density at radius 1 is 1.44 bits per heavy atom. The van der Waals surface area contributed by atoms with Gasteiger partial charge in [0.2, 0.25) is 5.13 Å². The van der Waals surface area contributed by atoms with Gasteiger partial charge in [-0.2, -0.15) is 4.37 Å². The summed E-state index contributed by atoms with van der Waals surface area (Å²) in [4.78, 5) is 17.8. The second-order valence-electron chi connectivity index (χ2n) is 5.39. The summed E-state index contributed by atoms with van der Waals surface area (Å²) in [5, 5.41) is 10.1. The number of carbonyl (C=O) groups is 1. The molecule has 2 heterocycles. The molecule has 1 saturated heterocycles. The van der Waals surface area contributed by atoms with Crippen LogP contribution in [0.5, 0.6) is 0 Å². The number of hydrogen-bond donors (Lipinski definition) is 1. The van der Waals surface area contributed by atoms with E-state index in [1.807, 2.05) is 4.90 Å². The van der Waals surface area contributed by atoms with E-state index in [4.69, 9.17) is 0 Å². The molecule has 0 aromatic carbocycles. The quantitative estimate of drug-likeness (QED) is 0.908. The van der Waals surface area contributed by atoms with Gasteiger partial charge in [-0.25, -0.2) is 9.78 Å². The van der Waals surface area contributed by atoms with Crippen molar-refractivity contribution in [1.29, 1.82) is 0 Å². The smallest absolute Gasteiger partial charge is 0.326 e. The SMILES string of the molecule is CC1CCN(c2nc(C3CC3)ns2)C(C(=O)O)C1. The van der Waals surface area contributed by atoms with Gasteiger partial charge in [0, 0.05) is 24.0 Å². The van der Waals surface area contributed by atoms with Crippen molar-refractivity contribution in [3.63, 3.8) is 0 Å². The summed E-state index contributed by atoms with van der Waals surface area (Å²) in [6.07, 6.45) is 4.08. The van der Waals surface area contributed by atoms with E-state index in [1.165, 1.54) is 24.4 Å². The van der Waals surface area contributed by atoms with Crippen LogP contribution in [0.15, 0.2) is 0 Å². The first kappa shape index (κ1) is 11.9. The number of aliphatic carboxylic acids is 1. The maximum atomic E-state index is 11.4. The van der Waals surface area contributed by atoms with Crippen molar-refractivity contribution in [2.24, 2.45) is 5.92 Å². The van der Waals surface area contributed by atoms with E-state index in [9.17, 15) is 9.90 Å². The fourth-order valence-corrected chi connectivity index (χ4v) is 3.28. The summed E-state index contributed by atoms with van der Waals surface area (Å²) in [7, 11) is 0. The molecule has 1 aromatic rings. The minimum Gasteiger partial charge on any atom is -0.480 e. The van der Waals surface area contributed by atoms with Gasteiger partial charge in [0.05, 0.1) is 0 Å². The number of anilines is 1. The molecule has 2 unspecified atom stereocenters. The monoisotopic (exact) mass is 267 g/mol. The molecule has 0 bridgehead atoms. The van der Waals surface area contributed by atoms with Crippen molar-refractivity contribution in [2.75, 3.05) is 11.4 Å². The summed E-state index contributed by atoms with van der Waals surface area (Å²) in [6.45, 7) is 2.89. The van der Waals surface area contributed by atoms with Crippen molar-refractivity contribution < 1.29 is 9.90 Å². The van der Waals surface area contributed by atoms with Crippen LogP contribution in [0.4, 0.5) is 5.13 Å². The van der Waals surface area contributed by atoms with Crippen LogP contribution >= 0.6 is 11.5 Å². The highest BCUT2D eigenvalue weighted by molar-refractivity contribution is 7.09. The van der Waals surface area contributed by atoms with Gasteiger partial charge in [0.15, 0.2) is 0 Å².